The summed E-state index contributed by atoms with van der Waals surface area (Å²) >= 11 is 1.02. The topological polar surface area (TPSA) is 101 Å². The number of nitrogens with one attached hydrogen (secondary N) is 1. The highest BCUT2D eigenvalue weighted by atomic mass is 32.1. The Hall–Kier alpha value is -3.26. The van der Waals surface area contributed by atoms with Gasteiger partial charge in [-0.05, 0) is 18.1 Å². The van der Waals surface area contributed by atoms with Gasteiger partial charge in [-0.2, -0.15) is 0 Å². The van der Waals surface area contributed by atoms with Crippen molar-refractivity contribution in [2.24, 2.45) is 0 Å². The van der Waals surface area contributed by atoms with Gasteiger partial charge in [-0.3, -0.25) is 4.79 Å². The average molecular weight is 380 g/mol. The van der Waals surface area contributed by atoms with Gasteiger partial charge in [0.2, 0.25) is 0 Å². The van der Waals surface area contributed by atoms with E-state index in [-0.39, 0.29) is 10.4 Å². The minimum atomic E-state index is -1.05. The number of nitrogens with zero attached hydrogens (tertiary/aromatic N) is 3. The van der Waals surface area contributed by atoms with Gasteiger partial charge in [-0.25, -0.2) is 14.8 Å². The number of hydrogen-bond acceptors (Lipinski definition) is 5. The van der Waals surface area contributed by atoms with E-state index >= 15 is 0 Å². The van der Waals surface area contributed by atoms with Gasteiger partial charge in [0.1, 0.15) is 21.4 Å². The molecule has 2 N–H and O–H groups in total. The molecular weight excluding hydrogens is 364 g/mol. The number of carboxylic acids is 1. The number of thiophene rings is 1. The number of aryl methyl sites for hydroxylation is 1. The van der Waals surface area contributed by atoms with Gasteiger partial charge < -0.3 is 14.7 Å². The molecule has 0 aliphatic heterocycles. The molecule has 136 valence electrons. The maximum atomic E-state index is 12.5. The molecule has 0 aliphatic rings. The predicted molar refractivity (Wildman–Crippen MR) is 103 cm³/mol. The van der Waals surface area contributed by atoms with Crippen LogP contribution in [0.5, 0.6) is 0 Å². The summed E-state index contributed by atoms with van der Waals surface area (Å²) in [6.45, 7) is 2.30. The Labute approximate surface area is 158 Å². The zero-order valence-electron chi connectivity index (χ0n) is 14.5. The fourth-order valence-electron chi connectivity index (χ4n) is 3.06. The molecule has 0 radical (unpaired) electrons. The number of hydrogen-bond donors (Lipinski definition) is 2. The lowest BCUT2D eigenvalue weighted by molar-refractivity contribution is 0.0701. The molecule has 1 aromatic carbocycles. The second kappa shape index (κ2) is 6.81. The lowest BCUT2D eigenvalue weighted by Crippen LogP contribution is -2.14. The minimum absolute atomic E-state index is 0.144. The van der Waals surface area contributed by atoms with Crippen LogP contribution < -0.4 is 5.56 Å². The quantitative estimate of drug-likeness (QED) is 0.554. The molecule has 7 nitrogen and oxygen atoms in total. The number of aromatic nitrogens is 4. The van der Waals surface area contributed by atoms with Crippen LogP contribution in [-0.4, -0.2) is 30.6 Å². The molecule has 27 heavy (non-hydrogen) atoms. The Morgan fingerprint density at radius 3 is 2.81 bits per heavy atom. The number of imidazole rings is 1. The minimum Gasteiger partial charge on any atom is -0.477 e. The molecule has 4 aromatic rings. The van der Waals surface area contributed by atoms with E-state index < -0.39 is 5.97 Å². The van der Waals surface area contributed by atoms with E-state index in [1.807, 2.05) is 41.1 Å². The van der Waals surface area contributed by atoms with E-state index in [0.29, 0.717) is 34.6 Å². The number of rotatable bonds is 5. The van der Waals surface area contributed by atoms with Crippen molar-refractivity contribution >= 4 is 27.5 Å². The van der Waals surface area contributed by atoms with Crippen molar-refractivity contribution in [3.63, 3.8) is 0 Å². The third-order valence-electron chi connectivity index (χ3n) is 4.37. The van der Waals surface area contributed by atoms with Crippen molar-refractivity contribution in [2.45, 2.75) is 19.9 Å². The first-order chi connectivity index (χ1) is 13.0. The van der Waals surface area contributed by atoms with Crippen molar-refractivity contribution in [1.29, 1.82) is 0 Å². The number of benzene rings is 1. The Balaban J connectivity index is 1.68. The van der Waals surface area contributed by atoms with Crippen LogP contribution in [0.25, 0.3) is 10.2 Å². The Kier molecular flexibility index (Phi) is 4.33. The maximum Gasteiger partial charge on any atom is 0.346 e. The SMILES string of the molecule is Cc1c(C(=O)O)sc2nc(Cc3nccn3Cc3ccccc3)[nH]c(=O)c12. The van der Waals surface area contributed by atoms with Crippen LogP contribution >= 0.6 is 11.3 Å². The summed E-state index contributed by atoms with van der Waals surface area (Å²) in [6, 6.07) is 10.0. The van der Waals surface area contributed by atoms with E-state index in [1.165, 1.54) is 0 Å². The largest absolute Gasteiger partial charge is 0.477 e. The Morgan fingerprint density at radius 2 is 2.07 bits per heavy atom. The van der Waals surface area contributed by atoms with E-state index in [2.05, 4.69) is 15.0 Å². The lowest BCUT2D eigenvalue weighted by Gasteiger charge is -2.08. The summed E-state index contributed by atoms with van der Waals surface area (Å²) < 4.78 is 2.00. The molecule has 0 saturated carbocycles. The maximum absolute atomic E-state index is 12.5. The first-order valence-electron chi connectivity index (χ1n) is 8.32. The van der Waals surface area contributed by atoms with Crippen LogP contribution in [0.1, 0.15) is 32.4 Å². The highest BCUT2D eigenvalue weighted by Gasteiger charge is 2.19. The molecule has 0 atom stereocenters. The molecule has 3 aromatic heterocycles. The Morgan fingerprint density at radius 1 is 1.30 bits per heavy atom. The number of H-pyrrole nitrogens is 1. The molecule has 0 bridgehead atoms. The number of aromatic amines is 1. The number of aromatic carboxylic acids is 1. The van der Waals surface area contributed by atoms with Crippen molar-refractivity contribution in [3.05, 3.63) is 80.7 Å². The lowest BCUT2D eigenvalue weighted by atomic mass is 10.2. The summed E-state index contributed by atoms with van der Waals surface area (Å²) in [5.74, 6) is 0.189. The van der Waals surface area contributed by atoms with Gasteiger partial charge in [-0.15, -0.1) is 11.3 Å². The van der Waals surface area contributed by atoms with Crippen molar-refractivity contribution in [2.75, 3.05) is 0 Å². The van der Waals surface area contributed by atoms with Crippen LogP contribution in [0.3, 0.4) is 0 Å². The zero-order valence-corrected chi connectivity index (χ0v) is 15.3. The standard InChI is InChI=1S/C19H16N4O3S/c1-11-15-17(24)21-13(22-18(15)27-16(11)19(25)26)9-14-20-7-8-23(14)10-12-5-3-2-4-6-12/h2-8H,9-10H2,1H3,(H,25,26)(H,21,22,24). The van der Waals surface area contributed by atoms with Gasteiger partial charge in [-0.1, -0.05) is 30.3 Å². The van der Waals surface area contributed by atoms with E-state index in [4.69, 9.17) is 0 Å². The summed E-state index contributed by atoms with van der Waals surface area (Å²) in [5, 5.41) is 9.61. The first-order valence-corrected chi connectivity index (χ1v) is 9.14. The fourth-order valence-corrected chi connectivity index (χ4v) is 4.10. The summed E-state index contributed by atoms with van der Waals surface area (Å²) in [6.07, 6.45) is 3.95. The van der Waals surface area contributed by atoms with E-state index in [1.54, 1.807) is 13.1 Å². The van der Waals surface area contributed by atoms with E-state index in [0.717, 1.165) is 22.7 Å². The van der Waals surface area contributed by atoms with Gasteiger partial charge in [0.25, 0.3) is 5.56 Å². The second-order valence-corrected chi connectivity index (χ2v) is 7.19. The number of fused-ring (bicyclic) bond motifs is 1. The third kappa shape index (κ3) is 3.26. The van der Waals surface area contributed by atoms with Crippen LogP contribution in [0.15, 0.2) is 47.5 Å². The average Bonchev–Trinajstić information content (AvgIpc) is 3.20. The van der Waals surface area contributed by atoms with Crippen LogP contribution in [0.4, 0.5) is 0 Å². The van der Waals surface area contributed by atoms with Gasteiger partial charge >= 0.3 is 5.97 Å². The molecule has 0 saturated heterocycles. The normalized spacial score (nSPS) is 11.1. The number of carboxylic acid groups (broad SMARTS) is 1. The molecule has 8 heteroatoms. The number of carbonyl (C=O) groups is 1. The molecule has 4 rings (SSSR count). The molecule has 0 spiro atoms. The van der Waals surface area contributed by atoms with Crippen molar-refractivity contribution < 1.29 is 9.90 Å². The van der Waals surface area contributed by atoms with Gasteiger partial charge in [0.05, 0.1) is 11.8 Å². The first kappa shape index (κ1) is 17.2. The third-order valence-corrected chi connectivity index (χ3v) is 5.54. The molecule has 3 heterocycles. The van der Waals surface area contributed by atoms with E-state index in [9.17, 15) is 14.7 Å². The molecular formula is C19H16N4O3S. The zero-order chi connectivity index (χ0) is 19.0. The molecule has 0 amide bonds. The molecule has 0 unspecified atom stereocenters. The monoisotopic (exact) mass is 380 g/mol. The van der Waals surface area contributed by atoms with Crippen molar-refractivity contribution in [1.82, 2.24) is 19.5 Å². The highest BCUT2D eigenvalue weighted by Crippen LogP contribution is 2.27. The summed E-state index contributed by atoms with van der Waals surface area (Å²) in [4.78, 5) is 36.0. The van der Waals surface area contributed by atoms with Gasteiger partial charge in [0, 0.05) is 18.9 Å². The summed E-state index contributed by atoms with van der Waals surface area (Å²) in [5.41, 5.74) is 1.28. The van der Waals surface area contributed by atoms with Crippen LogP contribution in [-0.2, 0) is 13.0 Å². The Bertz CT molecular complexity index is 1190. The van der Waals surface area contributed by atoms with Gasteiger partial charge in [0.15, 0.2) is 0 Å². The highest BCUT2D eigenvalue weighted by molar-refractivity contribution is 7.20. The predicted octanol–water partition coefficient (Wildman–Crippen LogP) is 2.83. The molecule has 0 fully saturated rings. The van der Waals surface area contributed by atoms with Crippen molar-refractivity contribution in [3.8, 4) is 0 Å². The smallest absolute Gasteiger partial charge is 0.346 e. The molecule has 0 aliphatic carbocycles. The summed E-state index contributed by atoms with van der Waals surface area (Å²) in [7, 11) is 0. The van der Waals surface area contributed by atoms with Crippen LogP contribution in [0.2, 0.25) is 0 Å². The van der Waals surface area contributed by atoms with Crippen LogP contribution in [0, 0.1) is 6.92 Å². The second-order valence-electron chi connectivity index (χ2n) is 6.19. The fraction of sp³-hybridized carbons (Fsp3) is 0.158.